The predicted octanol–water partition coefficient (Wildman–Crippen LogP) is 4.40. The molecule has 0 bridgehead atoms. The lowest BCUT2D eigenvalue weighted by Crippen LogP contribution is -2.45. The van der Waals surface area contributed by atoms with Crippen LogP contribution in [0.25, 0.3) is 0 Å². The maximum atomic E-state index is 12.4. The fraction of sp³-hybridized carbons (Fsp3) is 0.467. The zero-order valence-corrected chi connectivity index (χ0v) is 21.0. The van der Waals surface area contributed by atoms with Gasteiger partial charge in [0.05, 0.1) is 0 Å². The molecule has 0 saturated heterocycles. The van der Waals surface area contributed by atoms with Crippen molar-refractivity contribution in [1.82, 2.24) is 5.32 Å². The van der Waals surface area contributed by atoms with Crippen LogP contribution < -0.4 is 10.1 Å². The van der Waals surface area contributed by atoms with Crippen molar-refractivity contribution in [1.29, 1.82) is 0 Å². The van der Waals surface area contributed by atoms with Crippen LogP contribution in [0.3, 0.4) is 0 Å². The summed E-state index contributed by atoms with van der Waals surface area (Å²) in [4.78, 5) is 24.7. The number of nitrogens with one attached hydrogen (secondary N) is 1. The van der Waals surface area contributed by atoms with E-state index in [2.05, 4.69) is 52.9 Å². The van der Waals surface area contributed by atoms with Crippen LogP contribution >= 0.6 is 0 Å². The van der Waals surface area contributed by atoms with Crippen LogP contribution in [0.5, 0.6) is 5.75 Å². The highest BCUT2D eigenvalue weighted by Gasteiger charge is 2.30. The number of benzene rings is 1. The quantitative estimate of drug-likeness (QED) is 0.451. The maximum Gasteiger partial charge on any atom is 0.306 e. The second kappa shape index (κ2) is 14.5. The molecule has 2 rings (SSSR count). The van der Waals surface area contributed by atoms with Gasteiger partial charge < -0.3 is 14.8 Å². The molecule has 0 radical (unpaired) electrons. The van der Waals surface area contributed by atoms with Crippen LogP contribution in [0.1, 0.15) is 71.8 Å². The first-order valence-electron chi connectivity index (χ1n) is 12.0. The van der Waals surface area contributed by atoms with E-state index in [-0.39, 0.29) is 29.4 Å². The average Bonchev–Trinajstić information content (AvgIpc) is 2.86. The Hall–Kier alpha value is -3.80. The van der Waals surface area contributed by atoms with Crippen molar-refractivity contribution in [3.8, 4) is 53.3 Å². The Labute approximate surface area is 209 Å². The van der Waals surface area contributed by atoms with Crippen LogP contribution in [0, 0.1) is 53.0 Å². The van der Waals surface area contributed by atoms with Gasteiger partial charge in [-0.1, -0.05) is 38.8 Å². The first-order chi connectivity index (χ1) is 16.8. The minimum atomic E-state index is -0.352. The lowest BCUT2D eigenvalue weighted by atomic mass is 9.87. The van der Waals surface area contributed by atoms with E-state index in [9.17, 15) is 9.59 Å². The molecule has 0 aliphatic heterocycles. The highest BCUT2D eigenvalue weighted by atomic mass is 16.5. The highest BCUT2D eigenvalue weighted by Crippen LogP contribution is 2.25. The molecule has 5 heteroatoms. The number of carbonyl (C=O) groups excluding carboxylic acids is 2. The fourth-order valence-corrected chi connectivity index (χ4v) is 3.38. The molecule has 5 nitrogen and oxygen atoms in total. The fourth-order valence-electron chi connectivity index (χ4n) is 3.38. The predicted molar refractivity (Wildman–Crippen MR) is 137 cm³/mol. The van der Waals surface area contributed by atoms with Gasteiger partial charge in [0, 0.05) is 35.6 Å². The van der Waals surface area contributed by atoms with Gasteiger partial charge in [-0.05, 0) is 80.9 Å². The van der Waals surface area contributed by atoms with E-state index < -0.39 is 0 Å². The molecule has 1 N–H and O–H groups in total. The zero-order valence-electron chi connectivity index (χ0n) is 21.0. The number of aryl methyl sites for hydroxylation is 1. The molecule has 1 aromatic carbocycles. The van der Waals surface area contributed by atoms with E-state index in [1.807, 2.05) is 32.9 Å². The normalized spacial score (nSPS) is 16.3. The number of hydrogen-bond donors (Lipinski definition) is 1. The summed E-state index contributed by atoms with van der Waals surface area (Å²) in [5, 5.41) is 3.15. The van der Waals surface area contributed by atoms with Crippen molar-refractivity contribution in [3.63, 3.8) is 0 Å². The Balaban J connectivity index is 1.68. The molecule has 1 saturated carbocycles. The van der Waals surface area contributed by atoms with Gasteiger partial charge in [-0.2, -0.15) is 0 Å². The second-order valence-corrected chi connectivity index (χ2v) is 9.02. The zero-order chi connectivity index (χ0) is 25.5. The van der Waals surface area contributed by atoms with Gasteiger partial charge >= 0.3 is 5.97 Å². The first-order valence-corrected chi connectivity index (χ1v) is 12.0. The van der Waals surface area contributed by atoms with Gasteiger partial charge in [0.2, 0.25) is 5.91 Å². The van der Waals surface area contributed by atoms with Crippen molar-refractivity contribution < 1.29 is 19.1 Å². The smallest absolute Gasteiger partial charge is 0.306 e. The Morgan fingerprint density at radius 1 is 0.971 bits per heavy atom. The molecule has 1 amide bonds. The SMILES string of the molecule is CC#CC#CC#CC#COc1ccc(CCC(=O)OC2CCC(NC(=O)C(C)(C)CC)CC2)cc1. The minimum Gasteiger partial charge on any atom is -0.462 e. The molecular formula is C30H33NO4. The van der Waals surface area contributed by atoms with Crippen molar-refractivity contribution in [2.75, 3.05) is 0 Å². The summed E-state index contributed by atoms with van der Waals surface area (Å²) in [5.74, 6) is 18.6. The summed E-state index contributed by atoms with van der Waals surface area (Å²) in [7, 11) is 0. The Morgan fingerprint density at radius 3 is 2.23 bits per heavy atom. The van der Waals surface area contributed by atoms with Crippen molar-refractivity contribution >= 4 is 11.9 Å². The maximum absolute atomic E-state index is 12.4. The molecule has 1 aromatic rings. The summed E-state index contributed by atoms with van der Waals surface area (Å²) in [5.41, 5.74) is 0.661. The number of ether oxygens (including phenoxy) is 2. The topological polar surface area (TPSA) is 64.6 Å². The summed E-state index contributed by atoms with van der Waals surface area (Å²) in [6.45, 7) is 7.65. The number of amides is 1. The summed E-state index contributed by atoms with van der Waals surface area (Å²) < 4.78 is 11.0. The minimum absolute atomic E-state index is 0.0714. The summed E-state index contributed by atoms with van der Waals surface area (Å²) >= 11 is 0. The van der Waals surface area contributed by atoms with Crippen molar-refractivity contribution in [3.05, 3.63) is 29.8 Å². The number of hydrogen-bond acceptors (Lipinski definition) is 4. The monoisotopic (exact) mass is 471 g/mol. The molecule has 0 atom stereocenters. The third-order valence-corrected chi connectivity index (χ3v) is 6.00. The standard InChI is InChI=1S/C30H33NO4/c1-5-7-8-9-10-11-12-23-34-26-18-13-24(14-19-26)15-22-28(32)35-27-20-16-25(17-21-27)31-29(33)30(3,4)6-2/h13-14,18-19,25,27H,6,15-17,20-22H2,1-4H3,(H,31,33). The largest absolute Gasteiger partial charge is 0.462 e. The van der Waals surface area contributed by atoms with Crippen LogP contribution in [-0.2, 0) is 20.7 Å². The van der Waals surface area contributed by atoms with Crippen LogP contribution in [0.15, 0.2) is 24.3 Å². The van der Waals surface area contributed by atoms with Gasteiger partial charge in [-0.15, -0.1) is 0 Å². The molecule has 182 valence electrons. The van der Waals surface area contributed by atoms with Crippen LogP contribution in [-0.4, -0.2) is 24.0 Å². The van der Waals surface area contributed by atoms with Crippen LogP contribution in [0.2, 0.25) is 0 Å². The molecule has 1 aliphatic carbocycles. The van der Waals surface area contributed by atoms with E-state index in [0.29, 0.717) is 18.6 Å². The number of rotatable bonds is 8. The third-order valence-electron chi connectivity index (χ3n) is 6.00. The Bertz CT molecular complexity index is 1110. The molecular weight excluding hydrogens is 438 g/mol. The molecule has 1 aliphatic rings. The molecule has 0 heterocycles. The van der Waals surface area contributed by atoms with Gasteiger partial charge in [-0.3, -0.25) is 9.59 Å². The van der Waals surface area contributed by atoms with Crippen molar-refractivity contribution in [2.45, 2.75) is 84.8 Å². The summed E-state index contributed by atoms with van der Waals surface area (Å²) in [6.07, 6.45) is 7.37. The van der Waals surface area contributed by atoms with Gasteiger partial charge in [0.25, 0.3) is 0 Å². The average molecular weight is 472 g/mol. The number of esters is 1. The van der Waals surface area contributed by atoms with E-state index in [0.717, 1.165) is 37.7 Å². The Morgan fingerprint density at radius 2 is 1.60 bits per heavy atom. The molecule has 1 fully saturated rings. The first kappa shape index (κ1) is 27.4. The van der Waals surface area contributed by atoms with E-state index in [1.54, 1.807) is 19.1 Å². The second-order valence-electron chi connectivity index (χ2n) is 9.02. The highest BCUT2D eigenvalue weighted by molar-refractivity contribution is 5.82. The summed E-state index contributed by atoms with van der Waals surface area (Å²) in [6, 6.07) is 7.56. The third kappa shape index (κ3) is 10.3. The molecule has 0 spiro atoms. The van der Waals surface area contributed by atoms with Crippen molar-refractivity contribution in [2.24, 2.45) is 5.41 Å². The molecule has 0 unspecified atom stereocenters. The molecule has 35 heavy (non-hydrogen) atoms. The van der Waals surface area contributed by atoms with Gasteiger partial charge in [0.1, 0.15) is 18.0 Å². The lowest BCUT2D eigenvalue weighted by molar-refractivity contribution is -0.151. The van der Waals surface area contributed by atoms with E-state index in [1.165, 1.54) is 0 Å². The van der Waals surface area contributed by atoms with E-state index in [4.69, 9.17) is 9.47 Å². The molecule has 0 aromatic heterocycles. The lowest BCUT2D eigenvalue weighted by Gasteiger charge is -2.31. The van der Waals surface area contributed by atoms with Crippen LogP contribution in [0.4, 0.5) is 0 Å². The van der Waals surface area contributed by atoms with Gasteiger partial charge in [-0.25, -0.2) is 0 Å². The number of carbonyl (C=O) groups is 2. The van der Waals surface area contributed by atoms with Gasteiger partial charge in [0.15, 0.2) is 0 Å². The Kier molecular flexibility index (Phi) is 11.3. The van der Waals surface area contributed by atoms with E-state index >= 15 is 0 Å².